The lowest BCUT2D eigenvalue weighted by molar-refractivity contribution is 0.677. The van der Waals surface area contributed by atoms with Gasteiger partial charge in [0.05, 0.1) is 13.1 Å². The topological polar surface area (TPSA) is 67.1 Å². The molecule has 0 aliphatic heterocycles. The van der Waals surface area contributed by atoms with Crippen LogP contribution >= 0.6 is 35.6 Å². The third-order valence-corrected chi connectivity index (χ3v) is 4.23. The molecule has 0 spiro atoms. The maximum atomic E-state index is 5.83. The molecule has 2 heterocycles. The summed E-state index contributed by atoms with van der Waals surface area (Å²) in [7, 11) is 0. The van der Waals surface area contributed by atoms with Gasteiger partial charge in [-0.15, -0.1) is 24.0 Å². The van der Waals surface area contributed by atoms with Gasteiger partial charge >= 0.3 is 0 Å². The Bertz CT molecular complexity index is 865. The molecule has 0 unspecified atom stereocenters. The van der Waals surface area contributed by atoms with E-state index in [9.17, 15) is 0 Å². The lowest BCUT2D eigenvalue weighted by Gasteiger charge is -2.14. The third kappa shape index (κ3) is 6.79. The van der Waals surface area contributed by atoms with E-state index in [0.29, 0.717) is 18.2 Å². The Hall–Kier alpha value is -2.13. The number of aromatic nitrogens is 3. The van der Waals surface area contributed by atoms with Crippen molar-refractivity contribution in [1.29, 1.82) is 0 Å². The Balaban J connectivity index is 0.00000280. The second-order valence-corrected chi connectivity index (χ2v) is 6.40. The second kappa shape index (κ2) is 11.7. The van der Waals surface area contributed by atoms with Gasteiger partial charge in [0, 0.05) is 31.7 Å². The van der Waals surface area contributed by atoms with Crippen LogP contribution in [-0.4, -0.2) is 27.3 Å². The number of nitrogens with one attached hydrogen (secondary N) is 2. The molecule has 0 aliphatic carbocycles. The SMILES string of the molecule is CCNC(=NCc1ccc(Cl)nc1)NCc1ccccc1Cn1cccn1.I. The molecule has 3 aromatic rings. The summed E-state index contributed by atoms with van der Waals surface area (Å²) in [5.74, 6) is 0.765. The predicted molar refractivity (Wildman–Crippen MR) is 124 cm³/mol. The van der Waals surface area contributed by atoms with E-state index in [1.54, 1.807) is 18.5 Å². The first-order valence-corrected chi connectivity index (χ1v) is 9.29. The van der Waals surface area contributed by atoms with Crippen LogP contribution in [0.5, 0.6) is 0 Å². The molecule has 0 bridgehead atoms. The first-order chi connectivity index (χ1) is 13.2. The van der Waals surface area contributed by atoms with E-state index in [1.807, 2.05) is 36.0 Å². The highest BCUT2D eigenvalue weighted by Crippen LogP contribution is 2.10. The Morgan fingerprint density at radius 1 is 1.11 bits per heavy atom. The van der Waals surface area contributed by atoms with Gasteiger partial charge in [-0.1, -0.05) is 41.9 Å². The molecular formula is C20H24ClIN6. The standard InChI is InChI=1S/C20H23ClN6.HI/c1-2-22-20(24-13-16-8-9-19(21)23-12-16)25-14-17-6-3-4-7-18(17)15-27-11-5-10-26-27;/h3-12H,2,13-15H2,1H3,(H2,22,24,25);1H. The van der Waals surface area contributed by atoms with Crippen molar-refractivity contribution in [3.05, 3.63) is 82.9 Å². The number of guanidine groups is 1. The molecule has 28 heavy (non-hydrogen) atoms. The fourth-order valence-corrected chi connectivity index (χ4v) is 2.76. The van der Waals surface area contributed by atoms with Gasteiger partial charge in [-0.2, -0.15) is 5.10 Å². The lowest BCUT2D eigenvalue weighted by Crippen LogP contribution is -2.37. The Kier molecular flexibility index (Phi) is 9.22. The van der Waals surface area contributed by atoms with Crippen molar-refractivity contribution in [2.24, 2.45) is 4.99 Å². The molecule has 0 aliphatic rings. The Morgan fingerprint density at radius 2 is 1.93 bits per heavy atom. The fourth-order valence-electron chi connectivity index (χ4n) is 2.64. The zero-order valence-electron chi connectivity index (χ0n) is 15.7. The van der Waals surface area contributed by atoms with E-state index >= 15 is 0 Å². The smallest absolute Gasteiger partial charge is 0.191 e. The van der Waals surface area contributed by atoms with E-state index in [0.717, 1.165) is 24.6 Å². The number of rotatable bonds is 7. The van der Waals surface area contributed by atoms with E-state index in [2.05, 4.69) is 43.9 Å². The average Bonchev–Trinajstić information content (AvgIpc) is 3.19. The van der Waals surface area contributed by atoms with Crippen molar-refractivity contribution in [1.82, 2.24) is 25.4 Å². The maximum Gasteiger partial charge on any atom is 0.191 e. The lowest BCUT2D eigenvalue weighted by atomic mass is 10.1. The van der Waals surface area contributed by atoms with Crippen molar-refractivity contribution in [2.75, 3.05) is 6.54 Å². The van der Waals surface area contributed by atoms with Gasteiger partial charge in [-0.25, -0.2) is 9.98 Å². The molecule has 0 radical (unpaired) electrons. The van der Waals surface area contributed by atoms with Gasteiger partial charge in [0.15, 0.2) is 5.96 Å². The number of benzene rings is 1. The molecule has 0 atom stereocenters. The first-order valence-electron chi connectivity index (χ1n) is 8.91. The molecule has 0 saturated heterocycles. The van der Waals surface area contributed by atoms with Crippen LogP contribution in [0.15, 0.2) is 66.0 Å². The number of hydrogen-bond acceptors (Lipinski definition) is 3. The number of pyridine rings is 1. The van der Waals surface area contributed by atoms with Gasteiger partial charge in [0.1, 0.15) is 5.15 Å². The largest absolute Gasteiger partial charge is 0.357 e. The molecule has 2 aromatic heterocycles. The molecule has 0 amide bonds. The number of aliphatic imine (C=N–C) groups is 1. The summed E-state index contributed by atoms with van der Waals surface area (Å²) in [4.78, 5) is 8.72. The molecule has 0 saturated carbocycles. The molecule has 148 valence electrons. The van der Waals surface area contributed by atoms with Crippen molar-refractivity contribution >= 4 is 41.5 Å². The number of nitrogens with zero attached hydrogens (tertiary/aromatic N) is 4. The molecule has 2 N–H and O–H groups in total. The minimum atomic E-state index is 0. The molecule has 3 rings (SSSR count). The van der Waals surface area contributed by atoms with Crippen LogP contribution in [0.3, 0.4) is 0 Å². The summed E-state index contributed by atoms with van der Waals surface area (Å²) >= 11 is 5.83. The van der Waals surface area contributed by atoms with E-state index in [1.165, 1.54) is 11.1 Å². The van der Waals surface area contributed by atoms with Crippen LogP contribution in [0.4, 0.5) is 0 Å². The zero-order chi connectivity index (χ0) is 18.9. The highest BCUT2D eigenvalue weighted by molar-refractivity contribution is 14.0. The number of halogens is 2. The van der Waals surface area contributed by atoms with E-state index in [4.69, 9.17) is 11.6 Å². The van der Waals surface area contributed by atoms with Gasteiger partial charge in [-0.05, 0) is 35.7 Å². The van der Waals surface area contributed by atoms with Crippen LogP contribution in [-0.2, 0) is 19.6 Å². The van der Waals surface area contributed by atoms with Crippen molar-refractivity contribution in [3.8, 4) is 0 Å². The van der Waals surface area contributed by atoms with Crippen LogP contribution in [0.2, 0.25) is 5.15 Å². The first kappa shape index (κ1) is 22.2. The van der Waals surface area contributed by atoms with Crippen molar-refractivity contribution < 1.29 is 0 Å². The van der Waals surface area contributed by atoms with Gasteiger partial charge in [0.2, 0.25) is 0 Å². The Morgan fingerprint density at radius 3 is 2.61 bits per heavy atom. The van der Waals surface area contributed by atoms with Crippen molar-refractivity contribution in [3.63, 3.8) is 0 Å². The highest BCUT2D eigenvalue weighted by Gasteiger charge is 2.05. The normalized spacial score (nSPS) is 11.0. The van der Waals surface area contributed by atoms with Gasteiger partial charge in [0.25, 0.3) is 0 Å². The summed E-state index contributed by atoms with van der Waals surface area (Å²) < 4.78 is 1.92. The summed E-state index contributed by atoms with van der Waals surface area (Å²) in [6, 6.07) is 14.0. The van der Waals surface area contributed by atoms with Gasteiger partial charge in [-0.3, -0.25) is 4.68 Å². The highest BCUT2D eigenvalue weighted by atomic mass is 127. The minimum Gasteiger partial charge on any atom is -0.357 e. The molecule has 6 nitrogen and oxygen atoms in total. The van der Waals surface area contributed by atoms with Crippen LogP contribution in [0.25, 0.3) is 0 Å². The summed E-state index contributed by atoms with van der Waals surface area (Å²) in [5.41, 5.74) is 3.45. The second-order valence-electron chi connectivity index (χ2n) is 6.01. The minimum absolute atomic E-state index is 0. The number of hydrogen-bond donors (Lipinski definition) is 2. The fraction of sp³-hybridized carbons (Fsp3) is 0.250. The molecule has 1 aromatic carbocycles. The van der Waals surface area contributed by atoms with Crippen LogP contribution < -0.4 is 10.6 Å². The monoisotopic (exact) mass is 510 g/mol. The average molecular weight is 511 g/mol. The van der Waals surface area contributed by atoms with Crippen LogP contribution in [0.1, 0.15) is 23.6 Å². The molecule has 8 heteroatoms. The quantitative estimate of drug-likeness (QED) is 0.219. The van der Waals surface area contributed by atoms with E-state index in [-0.39, 0.29) is 24.0 Å². The third-order valence-electron chi connectivity index (χ3n) is 4.01. The molecular weight excluding hydrogens is 487 g/mol. The summed E-state index contributed by atoms with van der Waals surface area (Å²) in [6.07, 6.45) is 5.51. The van der Waals surface area contributed by atoms with Gasteiger partial charge < -0.3 is 10.6 Å². The van der Waals surface area contributed by atoms with Crippen molar-refractivity contribution in [2.45, 2.75) is 26.6 Å². The zero-order valence-corrected chi connectivity index (χ0v) is 18.8. The summed E-state index contributed by atoms with van der Waals surface area (Å²) in [5, 5.41) is 11.5. The molecule has 0 fully saturated rings. The predicted octanol–water partition coefficient (Wildman–Crippen LogP) is 3.85. The summed E-state index contributed by atoms with van der Waals surface area (Å²) in [6.45, 7) is 4.80. The Labute approximate surface area is 187 Å². The maximum absolute atomic E-state index is 5.83. The van der Waals surface area contributed by atoms with Crippen LogP contribution in [0, 0.1) is 0 Å². The van der Waals surface area contributed by atoms with E-state index < -0.39 is 0 Å².